The molecule has 29 heavy (non-hydrogen) atoms. The number of hydrogen-bond acceptors (Lipinski definition) is 5. The minimum Gasteiger partial charge on any atom is -0.497 e. The van der Waals surface area contributed by atoms with Gasteiger partial charge in [-0.25, -0.2) is 4.39 Å². The van der Waals surface area contributed by atoms with Gasteiger partial charge in [0.25, 0.3) is 0 Å². The van der Waals surface area contributed by atoms with E-state index in [9.17, 15) is 9.18 Å². The van der Waals surface area contributed by atoms with Crippen LogP contribution in [0.2, 0.25) is 0 Å². The first kappa shape index (κ1) is 18.7. The molecule has 4 aromatic rings. The zero-order chi connectivity index (χ0) is 20.2. The topological polar surface area (TPSA) is 61.6 Å². The fraction of sp³-hybridized carbons (Fsp3) is 0.130. The van der Waals surface area contributed by atoms with Crippen LogP contribution < -0.4 is 9.47 Å². The number of ether oxygens (including phenoxy) is 2. The van der Waals surface area contributed by atoms with Gasteiger partial charge in [-0.1, -0.05) is 35.5 Å². The molecule has 4 rings (SSSR count). The van der Waals surface area contributed by atoms with E-state index in [0.717, 1.165) is 16.7 Å². The number of methoxy groups -OCH3 is 1. The van der Waals surface area contributed by atoms with Gasteiger partial charge >= 0.3 is 5.97 Å². The number of rotatable bonds is 6. The van der Waals surface area contributed by atoms with E-state index < -0.39 is 0 Å². The molecule has 1 heterocycles. The Balaban J connectivity index is 1.46. The SMILES string of the molecule is COc1ccc(CC(=O)Oc2ccc3c(Cc4ccccc4F)noc3c2)cc1. The molecule has 0 aliphatic heterocycles. The smallest absolute Gasteiger partial charge is 0.315 e. The van der Waals surface area contributed by atoms with Crippen LogP contribution in [0.3, 0.4) is 0 Å². The minimum atomic E-state index is -0.388. The van der Waals surface area contributed by atoms with Crippen LogP contribution >= 0.6 is 0 Å². The average Bonchev–Trinajstić information content (AvgIpc) is 3.12. The van der Waals surface area contributed by atoms with Gasteiger partial charge in [0, 0.05) is 17.9 Å². The summed E-state index contributed by atoms with van der Waals surface area (Å²) in [6.45, 7) is 0. The van der Waals surface area contributed by atoms with Gasteiger partial charge in [0.15, 0.2) is 5.58 Å². The van der Waals surface area contributed by atoms with E-state index in [-0.39, 0.29) is 18.2 Å². The van der Waals surface area contributed by atoms with Gasteiger partial charge < -0.3 is 14.0 Å². The number of nitrogens with zero attached hydrogens (tertiary/aromatic N) is 1. The van der Waals surface area contributed by atoms with Crippen molar-refractivity contribution in [3.63, 3.8) is 0 Å². The maximum absolute atomic E-state index is 13.9. The molecule has 1 aromatic heterocycles. The molecule has 0 radical (unpaired) electrons. The highest BCUT2D eigenvalue weighted by Gasteiger charge is 2.13. The number of benzene rings is 3. The molecule has 0 N–H and O–H groups in total. The lowest BCUT2D eigenvalue weighted by Crippen LogP contribution is -2.11. The summed E-state index contributed by atoms with van der Waals surface area (Å²) < 4.78 is 29.8. The lowest BCUT2D eigenvalue weighted by Gasteiger charge is -2.05. The Hall–Kier alpha value is -3.67. The molecule has 3 aromatic carbocycles. The predicted octanol–water partition coefficient (Wildman–Crippen LogP) is 4.71. The Bertz CT molecular complexity index is 1150. The third-order valence-corrected chi connectivity index (χ3v) is 4.57. The van der Waals surface area contributed by atoms with Crippen LogP contribution in [0, 0.1) is 5.82 Å². The molecule has 146 valence electrons. The van der Waals surface area contributed by atoms with Gasteiger partial charge in [-0.3, -0.25) is 4.79 Å². The molecular formula is C23H18FNO4. The third-order valence-electron chi connectivity index (χ3n) is 4.57. The molecule has 0 unspecified atom stereocenters. The number of hydrogen-bond donors (Lipinski definition) is 0. The van der Waals surface area contributed by atoms with Crippen LogP contribution in [0.4, 0.5) is 4.39 Å². The van der Waals surface area contributed by atoms with Crippen molar-refractivity contribution in [3.05, 3.63) is 89.4 Å². The Kier molecular flexibility index (Phi) is 5.24. The first-order valence-electron chi connectivity index (χ1n) is 9.07. The molecule has 0 saturated carbocycles. The normalized spacial score (nSPS) is 10.8. The predicted molar refractivity (Wildman–Crippen MR) is 106 cm³/mol. The molecule has 0 bridgehead atoms. The summed E-state index contributed by atoms with van der Waals surface area (Å²) in [5.41, 5.74) is 2.47. The van der Waals surface area contributed by atoms with Crippen molar-refractivity contribution in [2.75, 3.05) is 7.11 Å². The van der Waals surface area contributed by atoms with Crippen LogP contribution in [-0.2, 0) is 17.6 Å². The van der Waals surface area contributed by atoms with Gasteiger partial charge in [-0.15, -0.1) is 0 Å². The Morgan fingerprint density at radius 1 is 1.03 bits per heavy atom. The lowest BCUT2D eigenvalue weighted by molar-refractivity contribution is -0.133. The highest BCUT2D eigenvalue weighted by molar-refractivity contribution is 5.82. The van der Waals surface area contributed by atoms with Crippen molar-refractivity contribution in [2.24, 2.45) is 0 Å². The van der Waals surface area contributed by atoms with E-state index in [1.54, 1.807) is 55.6 Å². The molecule has 5 nitrogen and oxygen atoms in total. The number of fused-ring (bicyclic) bond motifs is 1. The van der Waals surface area contributed by atoms with E-state index in [1.165, 1.54) is 6.07 Å². The highest BCUT2D eigenvalue weighted by Crippen LogP contribution is 2.26. The van der Waals surface area contributed by atoms with Gasteiger partial charge in [0.05, 0.1) is 19.2 Å². The van der Waals surface area contributed by atoms with Crippen molar-refractivity contribution in [2.45, 2.75) is 12.8 Å². The summed E-state index contributed by atoms with van der Waals surface area (Å²) >= 11 is 0. The van der Waals surface area contributed by atoms with Crippen molar-refractivity contribution in [1.82, 2.24) is 5.16 Å². The van der Waals surface area contributed by atoms with Crippen molar-refractivity contribution in [1.29, 1.82) is 0 Å². The van der Waals surface area contributed by atoms with E-state index in [2.05, 4.69) is 5.16 Å². The lowest BCUT2D eigenvalue weighted by atomic mass is 10.1. The molecule has 0 spiro atoms. The van der Waals surface area contributed by atoms with Crippen LogP contribution in [-0.4, -0.2) is 18.2 Å². The Morgan fingerprint density at radius 2 is 1.79 bits per heavy atom. The minimum absolute atomic E-state index is 0.136. The second-order valence-electron chi connectivity index (χ2n) is 6.55. The molecule has 0 fully saturated rings. The third kappa shape index (κ3) is 4.27. The number of esters is 1. The molecular weight excluding hydrogens is 373 g/mol. The fourth-order valence-corrected chi connectivity index (χ4v) is 3.06. The van der Waals surface area contributed by atoms with Gasteiger partial charge in [0.1, 0.15) is 17.3 Å². The number of halogens is 1. The van der Waals surface area contributed by atoms with E-state index >= 15 is 0 Å². The summed E-state index contributed by atoms with van der Waals surface area (Å²) in [6.07, 6.45) is 0.452. The van der Waals surface area contributed by atoms with Crippen LogP contribution in [0.5, 0.6) is 11.5 Å². The molecule has 0 saturated heterocycles. The van der Waals surface area contributed by atoms with Gasteiger partial charge in [0.2, 0.25) is 0 Å². The maximum atomic E-state index is 13.9. The molecule has 0 aliphatic rings. The quantitative estimate of drug-likeness (QED) is 0.352. The average molecular weight is 391 g/mol. The van der Waals surface area contributed by atoms with Crippen molar-refractivity contribution in [3.8, 4) is 11.5 Å². The first-order valence-corrected chi connectivity index (χ1v) is 9.07. The Labute approximate surface area is 166 Å². The van der Waals surface area contributed by atoms with Crippen LogP contribution in [0.25, 0.3) is 11.0 Å². The monoisotopic (exact) mass is 391 g/mol. The molecule has 0 aliphatic carbocycles. The van der Waals surface area contributed by atoms with Crippen molar-refractivity contribution < 1.29 is 23.2 Å². The largest absolute Gasteiger partial charge is 0.497 e. The van der Waals surface area contributed by atoms with Crippen molar-refractivity contribution >= 4 is 16.9 Å². The standard InChI is InChI=1S/C23H18FNO4/c1-27-17-8-6-15(7-9-17)12-23(26)28-18-10-11-19-21(25-29-22(19)14-18)13-16-4-2-3-5-20(16)24/h2-11,14H,12-13H2,1H3. The number of carbonyl (C=O) groups is 1. The second kappa shape index (κ2) is 8.14. The summed E-state index contributed by atoms with van der Waals surface area (Å²) in [5.74, 6) is 0.419. The van der Waals surface area contributed by atoms with Gasteiger partial charge in [-0.05, 0) is 41.5 Å². The summed E-state index contributed by atoms with van der Waals surface area (Å²) in [5, 5.41) is 4.79. The summed E-state index contributed by atoms with van der Waals surface area (Å²) in [6, 6.07) is 18.8. The zero-order valence-electron chi connectivity index (χ0n) is 15.7. The molecule has 0 amide bonds. The Morgan fingerprint density at radius 3 is 2.55 bits per heavy atom. The number of aromatic nitrogens is 1. The molecule has 6 heteroatoms. The second-order valence-corrected chi connectivity index (χ2v) is 6.55. The van der Waals surface area contributed by atoms with Crippen LogP contribution in [0.15, 0.2) is 71.3 Å². The first-order chi connectivity index (χ1) is 14.1. The van der Waals surface area contributed by atoms with E-state index in [4.69, 9.17) is 14.0 Å². The summed E-state index contributed by atoms with van der Waals surface area (Å²) in [4.78, 5) is 12.2. The zero-order valence-corrected chi connectivity index (χ0v) is 15.7. The molecule has 0 atom stereocenters. The summed E-state index contributed by atoms with van der Waals surface area (Å²) in [7, 11) is 1.59. The van der Waals surface area contributed by atoms with Gasteiger partial charge in [-0.2, -0.15) is 0 Å². The highest BCUT2D eigenvalue weighted by atomic mass is 19.1. The van der Waals surface area contributed by atoms with Crippen LogP contribution in [0.1, 0.15) is 16.8 Å². The maximum Gasteiger partial charge on any atom is 0.315 e. The van der Waals surface area contributed by atoms with E-state index in [1.807, 2.05) is 12.1 Å². The number of carbonyl (C=O) groups excluding carboxylic acids is 1. The van der Waals surface area contributed by atoms with E-state index in [0.29, 0.717) is 29.0 Å². The fourth-order valence-electron chi connectivity index (χ4n) is 3.06.